The molecule has 0 radical (unpaired) electrons. The molecule has 1 aromatic carbocycles. The zero-order valence-electron chi connectivity index (χ0n) is 10.8. The van der Waals surface area contributed by atoms with Crippen molar-refractivity contribution in [3.8, 4) is 11.5 Å². The van der Waals surface area contributed by atoms with E-state index in [1.54, 1.807) is 13.2 Å². The van der Waals surface area contributed by atoms with Crippen LogP contribution in [0.15, 0.2) is 18.2 Å². The number of rotatable bonds is 7. The van der Waals surface area contributed by atoms with E-state index in [4.69, 9.17) is 19.3 Å². The molecule has 100 valence electrons. The minimum absolute atomic E-state index is 0.134. The molecule has 0 saturated carbocycles. The second-order valence-electron chi connectivity index (χ2n) is 3.78. The number of carbonyl (C=O) groups is 1. The van der Waals surface area contributed by atoms with Gasteiger partial charge in [0.05, 0.1) is 18.8 Å². The Morgan fingerprint density at radius 2 is 2.11 bits per heavy atom. The number of methoxy groups -OCH3 is 1. The van der Waals surface area contributed by atoms with E-state index in [1.807, 2.05) is 13.8 Å². The maximum absolute atomic E-state index is 10.9. The summed E-state index contributed by atoms with van der Waals surface area (Å²) in [4.78, 5) is 10.9. The lowest BCUT2D eigenvalue weighted by atomic mass is 10.2. The highest BCUT2D eigenvalue weighted by atomic mass is 16.5. The molecule has 0 aliphatic rings. The van der Waals surface area contributed by atoms with Gasteiger partial charge in [0, 0.05) is 7.11 Å². The Morgan fingerprint density at radius 1 is 1.39 bits per heavy atom. The predicted molar refractivity (Wildman–Crippen MR) is 66.5 cm³/mol. The minimum Gasteiger partial charge on any atom is -0.490 e. The third-order valence-corrected chi connectivity index (χ3v) is 2.22. The van der Waals surface area contributed by atoms with Crippen LogP contribution in [0.5, 0.6) is 11.5 Å². The Balaban J connectivity index is 2.92. The normalized spacial score (nSPS) is 11.9. The fraction of sp³-hybridized carbons (Fsp3) is 0.462. The van der Waals surface area contributed by atoms with Gasteiger partial charge >= 0.3 is 5.97 Å². The van der Waals surface area contributed by atoms with Crippen LogP contribution in [0.4, 0.5) is 0 Å². The van der Waals surface area contributed by atoms with Gasteiger partial charge in [-0.05, 0) is 32.0 Å². The van der Waals surface area contributed by atoms with Gasteiger partial charge in [-0.15, -0.1) is 0 Å². The maximum Gasteiger partial charge on any atom is 0.335 e. The summed E-state index contributed by atoms with van der Waals surface area (Å²) in [6, 6.07) is 4.54. The average molecular weight is 254 g/mol. The fourth-order valence-corrected chi connectivity index (χ4v) is 1.49. The summed E-state index contributed by atoms with van der Waals surface area (Å²) in [6.45, 7) is 4.59. The van der Waals surface area contributed by atoms with Gasteiger partial charge in [0.2, 0.25) is 0 Å². The molecule has 1 rings (SSSR count). The number of benzene rings is 1. The topological polar surface area (TPSA) is 65.0 Å². The highest BCUT2D eigenvalue weighted by Crippen LogP contribution is 2.29. The summed E-state index contributed by atoms with van der Waals surface area (Å²) in [6.07, 6.45) is -0.134. The molecular weight excluding hydrogens is 236 g/mol. The van der Waals surface area contributed by atoms with E-state index >= 15 is 0 Å². The van der Waals surface area contributed by atoms with Crippen molar-refractivity contribution in [1.29, 1.82) is 0 Å². The Kier molecular flexibility index (Phi) is 5.45. The van der Waals surface area contributed by atoms with Crippen LogP contribution in [0.25, 0.3) is 0 Å². The van der Waals surface area contributed by atoms with Crippen molar-refractivity contribution < 1.29 is 24.1 Å². The summed E-state index contributed by atoms with van der Waals surface area (Å²) in [5.41, 5.74) is 0.171. The molecule has 18 heavy (non-hydrogen) atoms. The van der Waals surface area contributed by atoms with Crippen LogP contribution >= 0.6 is 0 Å². The lowest BCUT2D eigenvalue weighted by Crippen LogP contribution is -2.18. The summed E-state index contributed by atoms with van der Waals surface area (Å²) in [7, 11) is 1.59. The molecule has 0 aliphatic heterocycles. The second kappa shape index (κ2) is 6.86. The lowest BCUT2D eigenvalue weighted by molar-refractivity contribution is 0.0695. The molecule has 1 unspecified atom stereocenters. The van der Waals surface area contributed by atoms with Crippen LogP contribution in [0.1, 0.15) is 24.2 Å². The first-order valence-corrected chi connectivity index (χ1v) is 5.74. The Labute approximate surface area is 106 Å². The molecule has 0 amide bonds. The van der Waals surface area contributed by atoms with E-state index in [1.165, 1.54) is 12.1 Å². The summed E-state index contributed by atoms with van der Waals surface area (Å²) < 4.78 is 16.0. The molecule has 0 spiro atoms. The van der Waals surface area contributed by atoms with E-state index in [0.29, 0.717) is 24.7 Å². The van der Waals surface area contributed by atoms with Crippen LogP contribution in [0.3, 0.4) is 0 Å². The Hall–Kier alpha value is -1.75. The largest absolute Gasteiger partial charge is 0.490 e. The molecule has 5 heteroatoms. The average Bonchev–Trinajstić information content (AvgIpc) is 2.31. The number of hydrogen-bond donors (Lipinski definition) is 1. The third-order valence-electron chi connectivity index (χ3n) is 2.22. The van der Waals surface area contributed by atoms with E-state index in [2.05, 4.69) is 0 Å². The maximum atomic E-state index is 10.9. The van der Waals surface area contributed by atoms with Crippen molar-refractivity contribution in [1.82, 2.24) is 0 Å². The van der Waals surface area contributed by atoms with Gasteiger partial charge in [-0.1, -0.05) is 0 Å². The summed E-state index contributed by atoms with van der Waals surface area (Å²) in [5.74, 6) is -0.0424. The van der Waals surface area contributed by atoms with E-state index in [0.717, 1.165) is 0 Å². The number of hydrogen-bond acceptors (Lipinski definition) is 4. The van der Waals surface area contributed by atoms with E-state index in [-0.39, 0.29) is 11.7 Å². The first kappa shape index (κ1) is 14.3. The van der Waals surface area contributed by atoms with Gasteiger partial charge in [-0.2, -0.15) is 0 Å². The molecule has 0 fully saturated rings. The van der Waals surface area contributed by atoms with Crippen LogP contribution in [-0.4, -0.2) is 37.5 Å². The van der Waals surface area contributed by atoms with Crippen molar-refractivity contribution >= 4 is 5.97 Å². The molecule has 1 atom stereocenters. The van der Waals surface area contributed by atoms with Crippen LogP contribution < -0.4 is 9.47 Å². The van der Waals surface area contributed by atoms with Gasteiger partial charge in [0.25, 0.3) is 0 Å². The van der Waals surface area contributed by atoms with Crippen molar-refractivity contribution in [2.45, 2.75) is 20.0 Å². The van der Waals surface area contributed by atoms with Gasteiger partial charge in [0.15, 0.2) is 11.5 Å². The first-order valence-electron chi connectivity index (χ1n) is 5.74. The number of ether oxygens (including phenoxy) is 3. The molecule has 0 aliphatic carbocycles. The SMILES string of the molecule is CCOc1cc(C(=O)O)ccc1OC(C)COC. The molecule has 0 saturated heterocycles. The molecular formula is C13H18O5. The molecule has 0 aromatic heterocycles. The first-order chi connectivity index (χ1) is 8.58. The van der Waals surface area contributed by atoms with Crippen molar-refractivity contribution in [2.75, 3.05) is 20.3 Å². The van der Waals surface area contributed by atoms with Crippen molar-refractivity contribution in [3.63, 3.8) is 0 Å². The third kappa shape index (κ3) is 3.92. The summed E-state index contributed by atoms with van der Waals surface area (Å²) in [5, 5.41) is 8.92. The van der Waals surface area contributed by atoms with E-state index in [9.17, 15) is 4.79 Å². The second-order valence-corrected chi connectivity index (χ2v) is 3.78. The minimum atomic E-state index is -0.993. The Bertz CT molecular complexity index is 402. The quantitative estimate of drug-likeness (QED) is 0.808. The molecule has 0 bridgehead atoms. The number of aromatic carboxylic acids is 1. The van der Waals surface area contributed by atoms with Crippen LogP contribution in [0, 0.1) is 0 Å². The molecule has 5 nitrogen and oxygen atoms in total. The van der Waals surface area contributed by atoms with Crippen LogP contribution in [-0.2, 0) is 4.74 Å². The number of carboxylic acids is 1. The zero-order chi connectivity index (χ0) is 13.5. The van der Waals surface area contributed by atoms with Gasteiger partial charge in [0.1, 0.15) is 6.10 Å². The van der Waals surface area contributed by atoms with Crippen molar-refractivity contribution in [3.05, 3.63) is 23.8 Å². The lowest BCUT2D eigenvalue weighted by Gasteiger charge is -2.17. The zero-order valence-corrected chi connectivity index (χ0v) is 10.8. The molecule has 1 aromatic rings. The van der Waals surface area contributed by atoms with Gasteiger partial charge in [-0.25, -0.2) is 4.79 Å². The molecule has 1 N–H and O–H groups in total. The smallest absolute Gasteiger partial charge is 0.335 e. The highest BCUT2D eigenvalue weighted by molar-refractivity contribution is 5.88. The fourth-order valence-electron chi connectivity index (χ4n) is 1.49. The predicted octanol–water partition coefficient (Wildman–Crippen LogP) is 2.20. The monoisotopic (exact) mass is 254 g/mol. The van der Waals surface area contributed by atoms with E-state index < -0.39 is 5.97 Å². The van der Waals surface area contributed by atoms with Gasteiger partial charge in [-0.3, -0.25) is 0 Å². The summed E-state index contributed by atoms with van der Waals surface area (Å²) >= 11 is 0. The van der Waals surface area contributed by atoms with Crippen molar-refractivity contribution in [2.24, 2.45) is 0 Å². The van der Waals surface area contributed by atoms with Gasteiger partial charge < -0.3 is 19.3 Å². The molecule has 0 heterocycles. The standard InChI is InChI=1S/C13H18O5/c1-4-17-12-7-10(13(14)15)5-6-11(12)18-9(2)8-16-3/h5-7,9H,4,8H2,1-3H3,(H,14,15). The Morgan fingerprint density at radius 3 is 2.67 bits per heavy atom. The number of carboxylic acid groups (broad SMARTS) is 1. The van der Waals surface area contributed by atoms with Crippen LogP contribution in [0.2, 0.25) is 0 Å². The highest BCUT2D eigenvalue weighted by Gasteiger charge is 2.12.